The van der Waals surface area contributed by atoms with Gasteiger partial charge in [0.05, 0.1) is 6.61 Å². The van der Waals surface area contributed by atoms with Crippen molar-refractivity contribution in [1.29, 1.82) is 0 Å². The van der Waals surface area contributed by atoms with Crippen LogP contribution in [0.4, 0.5) is 0 Å². The van der Waals surface area contributed by atoms with E-state index in [-0.39, 0.29) is 23.0 Å². The van der Waals surface area contributed by atoms with Crippen LogP contribution in [0.3, 0.4) is 0 Å². The van der Waals surface area contributed by atoms with Crippen LogP contribution in [0, 0.1) is 0 Å². The minimum Gasteiger partial charge on any atom is -1.00 e. The maximum atomic E-state index is 11.5. The van der Waals surface area contributed by atoms with Crippen molar-refractivity contribution >= 4 is 5.97 Å². The van der Waals surface area contributed by atoms with Crippen LogP contribution in [0.2, 0.25) is 0 Å². The molecule has 0 aromatic carbocycles. The van der Waals surface area contributed by atoms with E-state index in [1.807, 2.05) is 35.2 Å². The molecule has 1 aromatic rings. The van der Waals surface area contributed by atoms with Gasteiger partial charge in [0.15, 0.2) is 12.4 Å². The van der Waals surface area contributed by atoms with Crippen molar-refractivity contribution in [2.45, 2.75) is 52.0 Å². The third-order valence-electron chi connectivity index (χ3n) is 2.85. The Kier molecular flexibility index (Phi) is 11.6. The van der Waals surface area contributed by atoms with Gasteiger partial charge in [-0.05, 0) is 6.42 Å². The van der Waals surface area contributed by atoms with E-state index in [0.717, 1.165) is 12.8 Å². The normalized spacial score (nSPS) is 9.74. The second-order valence-electron chi connectivity index (χ2n) is 4.54. The molecule has 0 aliphatic heterocycles. The number of ether oxygens (including phenoxy) is 1. The van der Waals surface area contributed by atoms with Crippen molar-refractivity contribution in [3.63, 3.8) is 0 Å². The van der Waals surface area contributed by atoms with Gasteiger partial charge in [0, 0.05) is 12.1 Å². The average molecular weight is 330 g/mol. The van der Waals surface area contributed by atoms with Crippen LogP contribution in [0.15, 0.2) is 30.6 Å². The second-order valence-corrected chi connectivity index (χ2v) is 4.54. The predicted molar refractivity (Wildman–Crippen MR) is 71.0 cm³/mol. The number of carbonyl (C=O) groups is 1. The molecule has 1 aromatic heterocycles. The summed E-state index contributed by atoms with van der Waals surface area (Å²) in [5.74, 6) is -0.153. The van der Waals surface area contributed by atoms with Crippen molar-refractivity contribution in [2.75, 3.05) is 6.61 Å². The number of hydrogen-bond acceptors (Lipinski definition) is 2. The maximum absolute atomic E-state index is 11.5. The Morgan fingerprint density at radius 3 is 2.32 bits per heavy atom. The van der Waals surface area contributed by atoms with E-state index in [1.165, 1.54) is 25.7 Å². The number of pyridine rings is 1. The van der Waals surface area contributed by atoms with E-state index in [2.05, 4.69) is 6.92 Å². The number of carbonyl (C=O) groups excluding carboxylic acids is 1. The molecule has 1 heterocycles. The molecule has 1 rings (SSSR count). The summed E-state index contributed by atoms with van der Waals surface area (Å²) in [6.07, 6.45) is 11.0. The summed E-state index contributed by atoms with van der Waals surface area (Å²) in [5.41, 5.74) is 0. The Hall–Kier alpha value is -0.900. The molecule has 0 aliphatic carbocycles. The lowest BCUT2D eigenvalue weighted by Crippen LogP contribution is -3.00. The first-order valence-corrected chi connectivity index (χ1v) is 6.92. The van der Waals surface area contributed by atoms with Gasteiger partial charge in [-0.1, -0.05) is 45.1 Å². The summed E-state index contributed by atoms with van der Waals surface area (Å²) in [4.78, 5) is 11.5. The molecule has 0 saturated carbocycles. The maximum Gasteiger partial charge on any atom is 0.372 e. The number of halogens is 1. The van der Waals surface area contributed by atoms with Crippen LogP contribution in [-0.2, 0) is 16.1 Å². The topological polar surface area (TPSA) is 30.2 Å². The quantitative estimate of drug-likeness (QED) is 0.359. The highest BCUT2D eigenvalue weighted by atomic mass is 79.9. The Bertz CT molecular complexity index is 330. The van der Waals surface area contributed by atoms with Gasteiger partial charge in [-0.15, -0.1) is 0 Å². The molecule has 0 atom stereocenters. The van der Waals surface area contributed by atoms with Gasteiger partial charge in [0.25, 0.3) is 0 Å². The first kappa shape index (κ1) is 18.1. The molecule has 0 bridgehead atoms. The lowest BCUT2D eigenvalue weighted by molar-refractivity contribution is -0.686. The first-order valence-electron chi connectivity index (χ1n) is 6.92. The molecule has 0 saturated heterocycles. The number of unbranched alkanes of at least 4 members (excludes halogenated alkanes) is 5. The number of nitrogens with zero attached hydrogens (tertiary/aromatic N) is 1. The highest BCUT2D eigenvalue weighted by Gasteiger charge is 2.08. The SMILES string of the molecule is CCCCCCCCOC(=O)C[n+]1ccccc1.[Br-]. The summed E-state index contributed by atoms with van der Waals surface area (Å²) >= 11 is 0. The van der Waals surface area contributed by atoms with E-state index in [4.69, 9.17) is 4.74 Å². The van der Waals surface area contributed by atoms with Gasteiger partial charge in [-0.25, -0.2) is 4.79 Å². The molecular formula is C15H24BrNO2. The lowest BCUT2D eigenvalue weighted by atomic mass is 10.1. The van der Waals surface area contributed by atoms with Gasteiger partial charge >= 0.3 is 5.97 Å². The third kappa shape index (κ3) is 9.65. The number of hydrogen-bond donors (Lipinski definition) is 0. The van der Waals surface area contributed by atoms with E-state index in [9.17, 15) is 4.79 Å². The molecule has 0 amide bonds. The largest absolute Gasteiger partial charge is 1.00 e. The molecule has 19 heavy (non-hydrogen) atoms. The van der Waals surface area contributed by atoms with Crippen molar-refractivity contribution in [1.82, 2.24) is 0 Å². The predicted octanol–water partition coefficient (Wildman–Crippen LogP) is -0.118. The summed E-state index contributed by atoms with van der Waals surface area (Å²) in [7, 11) is 0. The number of rotatable bonds is 9. The lowest BCUT2D eigenvalue weighted by Gasteiger charge is -2.03. The summed E-state index contributed by atoms with van der Waals surface area (Å²) in [6.45, 7) is 3.07. The zero-order valence-electron chi connectivity index (χ0n) is 11.7. The second kappa shape index (κ2) is 12.2. The van der Waals surface area contributed by atoms with Crippen LogP contribution >= 0.6 is 0 Å². The van der Waals surface area contributed by atoms with Crippen LogP contribution in [0.25, 0.3) is 0 Å². The smallest absolute Gasteiger partial charge is 0.372 e. The van der Waals surface area contributed by atoms with Gasteiger partial charge in [-0.3, -0.25) is 0 Å². The van der Waals surface area contributed by atoms with Crippen molar-refractivity contribution < 1.29 is 31.1 Å². The van der Waals surface area contributed by atoms with Crippen LogP contribution in [-0.4, -0.2) is 12.6 Å². The van der Waals surface area contributed by atoms with Crippen LogP contribution in [0.5, 0.6) is 0 Å². The highest BCUT2D eigenvalue weighted by molar-refractivity contribution is 5.67. The Morgan fingerprint density at radius 2 is 1.63 bits per heavy atom. The van der Waals surface area contributed by atoms with E-state index in [1.54, 1.807) is 0 Å². The fourth-order valence-corrected chi connectivity index (χ4v) is 1.80. The van der Waals surface area contributed by atoms with Crippen LogP contribution in [0.1, 0.15) is 45.4 Å². The fourth-order valence-electron chi connectivity index (χ4n) is 1.80. The van der Waals surface area contributed by atoms with Gasteiger partial charge in [0.2, 0.25) is 6.54 Å². The molecule has 0 aliphatic rings. The molecule has 0 spiro atoms. The molecule has 0 fully saturated rings. The molecule has 108 valence electrons. The third-order valence-corrected chi connectivity index (χ3v) is 2.85. The fraction of sp³-hybridized carbons (Fsp3) is 0.600. The molecule has 0 unspecified atom stereocenters. The summed E-state index contributed by atoms with van der Waals surface area (Å²) < 4.78 is 7.02. The van der Waals surface area contributed by atoms with E-state index < -0.39 is 0 Å². The Labute approximate surface area is 126 Å². The van der Waals surface area contributed by atoms with E-state index >= 15 is 0 Å². The minimum absolute atomic E-state index is 0. The van der Waals surface area contributed by atoms with Gasteiger partial charge < -0.3 is 21.7 Å². The van der Waals surface area contributed by atoms with E-state index in [0.29, 0.717) is 13.2 Å². The molecule has 0 N–H and O–H groups in total. The molecular weight excluding hydrogens is 306 g/mol. The van der Waals surface area contributed by atoms with Crippen molar-refractivity contribution in [2.24, 2.45) is 0 Å². The van der Waals surface area contributed by atoms with Crippen LogP contribution < -0.4 is 21.5 Å². The summed E-state index contributed by atoms with van der Waals surface area (Å²) in [6, 6.07) is 5.74. The molecule has 4 heteroatoms. The molecule has 3 nitrogen and oxygen atoms in total. The van der Waals surface area contributed by atoms with Crippen molar-refractivity contribution in [3.8, 4) is 0 Å². The standard InChI is InChI=1S/C15H24NO2.BrH/c1-2-3-4-5-6-10-13-18-15(17)14-16-11-8-7-9-12-16;/h7-9,11-12H,2-6,10,13-14H2,1H3;1H/q+1;/p-1. The van der Waals surface area contributed by atoms with Gasteiger partial charge in [0.1, 0.15) is 0 Å². The Morgan fingerprint density at radius 1 is 1.00 bits per heavy atom. The van der Waals surface area contributed by atoms with Crippen molar-refractivity contribution in [3.05, 3.63) is 30.6 Å². The monoisotopic (exact) mass is 329 g/mol. The number of aromatic nitrogens is 1. The average Bonchev–Trinajstić information content (AvgIpc) is 2.39. The minimum atomic E-state index is -0.153. The number of esters is 1. The zero-order valence-corrected chi connectivity index (χ0v) is 13.3. The zero-order chi connectivity index (χ0) is 13.1. The Balaban J connectivity index is 0.00000324. The first-order chi connectivity index (χ1) is 8.83. The highest BCUT2D eigenvalue weighted by Crippen LogP contribution is 2.04. The summed E-state index contributed by atoms with van der Waals surface area (Å²) in [5, 5.41) is 0. The van der Waals surface area contributed by atoms with Gasteiger partial charge in [-0.2, -0.15) is 4.57 Å². The molecule has 0 radical (unpaired) electrons.